The third-order valence-corrected chi connectivity index (χ3v) is 1.62. The largest absolute Gasteiger partial charge is 0.444 e. The first-order valence-corrected chi connectivity index (χ1v) is 5.12. The zero-order valence-electron chi connectivity index (χ0n) is 10.0. The number of hydrogen-bond donors (Lipinski definition) is 2. The third-order valence-electron chi connectivity index (χ3n) is 1.62. The number of hydrogen-bond acceptors (Lipinski definition) is 4. The standard InChI is InChI=1S/C10H22N2O3/c1-10(2,3)15-9(14)12(4)7-5-11-6-8-13/h11,13H,5-8H2,1-4H3. The second-order valence-corrected chi connectivity index (χ2v) is 4.38. The molecule has 2 N–H and O–H groups in total. The molecule has 0 atom stereocenters. The summed E-state index contributed by atoms with van der Waals surface area (Å²) in [5, 5.41) is 11.5. The second kappa shape index (κ2) is 6.63. The Labute approximate surface area is 91.4 Å². The molecule has 0 saturated carbocycles. The molecule has 0 saturated heterocycles. The van der Waals surface area contributed by atoms with E-state index in [9.17, 15) is 4.79 Å². The molecule has 1 amide bonds. The Morgan fingerprint density at radius 2 is 2.00 bits per heavy atom. The zero-order chi connectivity index (χ0) is 11.9. The number of ether oxygens (including phenoxy) is 1. The maximum atomic E-state index is 11.4. The maximum absolute atomic E-state index is 11.4. The van der Waals surface area contributed by atoms with Gasteiger partial charge in [-0.05, 0) is 20.8 Å². The number of likely N-dealkylation sites (N-methyl/N-ethyl adjacent to an activating group) is 1. The highest BCUT2D eigenvalue weighted by atomic mass is 16.6. The first-order valence-electron chi connectivity index (χ1n) is 5.12. The molecule has 5 nitrogen and oxygen atoms in total. The molecule has 0 aliphatic rings. The Morgan fingerprint density at radius 1 is 1.40 bits per heavy atom. The van der Waals surface area contributed by atoms with Gasteiger partial charge in [-0.1, -0.05) is 0 Å². The van der Waals surface area contributed by atoms with Crippen molar-refractivity contribution in [1.29, 1.82) is 0 Å². The molecule has 0 heterocycles. The monoisotopic (exact) mass is 218 g/mol. The summed E-state index contributed by atoms with van der Waals surface area (Å²) < 4.78 is 5.17. The van der Waals surface area contributed by atoms with E-state index in [2.05, 4.69) is 5.32 Å². The molecule has 0 unspecified atom stereocenters. The average Bonchev–Trinajstić information content (AvgIpc) is 2.09. The number of rotatable bonds is 5. The van der Waals surface area contributed by atoms with Crippen LogP contribution >= 0.6 is 0 Å². The van der Waals surface area contributed by atoms with Crippen LogP contribution in [0.1, 0.15) is 20.8 Å². The van der Waals surface area contributed by atoms with Crippen LogP contribution in [0.2, 0.25) is 0 Å². The van der Waals surface area contributed by atoms with E-state index < -0.39 is 5.60 Å². The van der Waals surface area contributed by atoms with Crippen LogP contribution in [0.3, 0.4) is 0 Å². The van der Waals surface area contributed by atoms with E-state index in [1.807, 2.05) is 20.8 Å². The van der Waals surface area contributed by atoms with E-state index in [-0.39, 0.29) is 12.7 Å². The highest BCUT2D eigenvalue weighted by Gasteiger charge is 2.18. The van der Waals surface area contributed by atoms with Crippen molar-refractivity contribution in [3.8, 4) is 0 Å². The summed E-state index contributed by atoms with van der Waals surface area (Å²) in [5.41, 5.74) is -0.454. The zero-order valence-corrected chi connectivity index (χ0v) is 10.0. The molecule has 0 spiro atoms. The van der Waals surface area contributed by atoms with Crippen LogP contribution < -0.4 is 5.32 Å². The van der Waals surface area contributed by atoms with Crippen molar-refractivity contribution in [2.45, 2.75) is 26.4 Å². The lowest BCUT2D eigenvalue weighted by molar-refractivity contribution is 0.0300. The third kappa shape index (κ3) is 8.20. The SMILES string of the molecule is CN(CCNCCO)C(=O)OC(C)(C)C. The van der Waals surface area contributed by atoms with Crippen molar-refractivity contribution in [2.24, 2.45) is 0 Å². The molecule has 0 aromatic rings. The smallest absolute Gasteiger partial charge is 0.410 e. The summed E-state index contributed by atoms with van der Waals surface area (Å²) in [6.45, 7) is 7.37. The second-order valence-electron chi connectivity index (χ2n) is 4.38. The molecule has 0 aromatic carbocycles. The van der Waals surface area contributed by atoms with Gasteiger partial charge in [-0.15, -0.1) is 0 Å². The number of aliphatic hydroxyl groups is 1. The molecule has 5 heteroatoms. The first-order chi connectivity index (χ1) is 6.87. The van der Waals surface area contributed by atoms with E-state index in [4.69, 9.17) is 9.84 Å². The van der Waals surface area contributed by atoms with Gasteiger partial charge in [0.1, 0.15) is 5.60 Å². The van der Waals surface area contributed by atoms with Gasteiger partial charge in [0.2, 0.25) is 0 Å². The van der Waals surface area contributed by atoms with Crippen LogP contribution in [0.15, 0.2) is 0 Å². The van der Waals surface area contributed by atoms with E-state index in [0.717, 1.165) is 0 Å². The van der Waals surface area contributed by atoms with Gasteiger partial charge in [-0.3, -0.25) is 0 Å². The topological polar surface area (TPSA) is 61.8 Å². The summed E-state index contributed by atoms with van der Waals surface area (Å²) >= 11 is 0. The highest BCUT2D eigenvalue weighted by Crippen LogP contribution is 2.08. The summed E-state index contributed by atoms with van der Waals surface area (Å²) in [6, 6.07) is 0. The predicted molar refractivity (Wildman–Crippen MR) is 58.8 cm³/mol. The van der Waals surface area contributed by atoms with Crippen molar-refractivity contribution in [2.75, 3.05) is 33.3 Å². The molecule has 90 valence electrons. The molecule has 0 aliphatic heterocycles. The lowest BCUT2D eigenvalue weighted by atomic mass is 10.2. The van der Waals surface area contributed by atoms with Crippen LogP contribution in [-0.4, -0.2) is 55.0 Å². The van der Waals surface area contributed by atoms with E-state index >= 15 is 0 Å². The van der Waals surface area contributed by atoms with Gasteiger partial charge in [-0.2, -0.15) is 0 Å². The lowest BCUT2D eigenvalue weighted by Crippen LogP contribution is -2.38. The molecular weight excluding hydrogens is 196 g/mol. The van der Waals surface area contributed by atoms with Crippen molar-refractivity contribution in [3.63, 3.8) is 0 Å². The van der Waals surface area contributed by atoms with Crippen molar-refractivity contribution < 1.29 is 14.6 Å². The number of carbonyl (C=O) groups excluding carboxylic acids is 1. The van der Waals surface area contributed by atoms with Crippen molar-refractivity contribution >= 4 is 6.09 Å². The Bertz CT molecular complexity index is 190. The Hall–Kier alpha value is -0.810. The number of amides is 1. The number of nitrogens with one attached hydrogen (secondary N) is 1. The van der Waals surface area contributed by atoms with Gasteiger partial charge in [0.15, 0.2) is 0 Å². The minimum atomic E-state index is -0.454. The van der Waals surface area contributed by atoms with Crippen LogP contribution in [0.4, 0.5) is 4.79 Å². The van der Waals surface area contributed by atoms with E-state index in [0.29, 0.717) is 19.6 Å². The van der Waals surface area contributed by atoms with Crippen LogP contribution in [0.5, 0.6) is 0 Å². The summed E-state index contributed by atoms with van der Waals surface area (Å²) in [7, 11) is 1.69. The van der Waals surface area contributed by atoms with Crippen LogP contribution in [0.25, 0.3) is 0 Å². The fourth-order valence-electron chi connectivity index (χ4n) is 0.882. The minimum Gasteiger partial charge on any atom is -0.444 e. The quantitative estimate of drug-likeness (QED) is 0.657. The lowest BCUT2D eigenvalue weighted by Gasteiger charge is -2.24. The fourth-order valence-corrected chi connectivity index (χ4v) is 0.882. The van der Waals surface area contributed by atoms with Crippen molar-refractivity contribution in [1.82, 2.24) is 10.2 Å². The first kappa shape index (κ1) is 14.2. The van der Waals surface area contributed by atoms with E-state index in [1.165, 1.54) is 4.90 Å². The van der Waals surface area contributed by atoms with Crippen LogP contribution in [-0.2, 0) is 4.74 Å². The van der Waals surface area contributed by atoms with Gasteiger partial charge in [-0.25, -0.2) is 4.79 Å². The fraction of sp³-hybridized carbons (Fsp3) is 0.900. The predicted octanol–water partition coefficient (Wildman–Crippen LogP) is 0.435. The van der Waals surface area contributed by atoms with Gasteiger partial charge >= 0.3 is 6.09 Å². The molecular formula is C10H22N2O3. The summed E-state index contributed by atoms with van der Waals surface area (Å²) in [4.78, 5) is 13.0. The maximum Gasteiger partial charge on any atom is 0.410 e. The number of nitrogens with zero attached hydrogens (tertiary/aromatic N) is 1. The van der Waals surface area contributed by atoms with Gasteiger partial charge in [0.25, 0.3) is 0 Å². The Balaban J connectivity index is 3.70. The number of aliphatic hydroxyl groups excluding tert-OH is 1. The summed E-state index contributed by atoms with van der Waals surface area (Å²) in [6.07, 6.45) is -0.326. The molecule has 0 fully saturated rings. The molecule has 0 radical (unpaired) electrons. The molecule has 0 aliphatic carbocycles. The Kier molecular flexibility index (Phi) is 6.27. The van der Waals surface area contributed by atoms with Gasteiger partial charge in [0.05, 0.1) is 6.61 Å². The average molecular weight is 218 g/mol. The van der Waals surface area contributed by atoms with Crippen LogP contribution in [0, 0.1) is 0 Å². The van der Waals surface area contributed by atoms with Crippen molar-refractivity contribution in [3.05, 3.63) is 0 Å². The summed E-state index contributed by atoms with van der Waals surface area (Å²) in [5.74, 6) is 0. The molecule has 0 bridgehead atoms. The van der Waals surface area contributed by atoms with Gasteiger partial charge < -0.3 is 20.1 Å². The molecule has 15 heavy (non-hydrogen) atoms. The minimum absolute atomic E-state index is 0.107. The van der Waals surface area contributed by atoms with Gasteiger partial charge in [0, 0.05) is 26.7 Å². The number of carbonyl (C=O) groups is 1. The van der Waals surface area contributed by atoms with E-state index in [1.54, 1.807) is 7.05 Å². The Morgan fingerprint density at radius 3 is 2.47 bits per heavy atom. The normalized spacial score (nSPS) is 11.3. The molecule has 0 aromatic heterocycles. The highest BCUT2D eigenvalue weighted by molar-refractivity contribution is 5.67. The molecule has 0 rings (SSSR count).